The molecule has 1 aliphatic heterocycles. The minimum atomic E-state index is 0.118. The van der Waals surface area contributed by atoms with Crippen molar-refractivity contribution in [3.63, 3.8) is 0 Å². The molecule has 1 aromatic carbocycles. The van der Waals surface area contributed by atoms with Crippen LogP contribution in [0.15, 0.2) is 24.3 Å². The summed E-state index contributed by atoms with van der Waals surface area (Å²) in [5, 5.41) is 5.03. The standard InChI is InChI=1S/C14H18N2/c1-3-14(2)13-11(8-9-15-14)10-6-4-5-7-12(10)16-13/h4-7,15-16H,3,8-9H2,1-2H3. The number of benzene rings is 1. The second-order valence-electron chi connectivity index (χ2n) is 4.89. The number of para-hydroxylation sites is 1. The number of aromatic amines is 1. The number of hydrogen-bond acceptors (Lipinski definition) is 1. The van der Waals surface area contributed by atoms with E-state index in [1.54, 1.807) is 0 Å². The van der Waals surface area contributed by atoms with E-state index in [4.69, 9.17) is 0 Å². The zero-order valence-electron chi connectivity index (χ0n) is 9.93. The van der Waals surface area contributed by atoms with E-state index in [0.29, 0.717) is 0 Å². The van der Waals surface area contributed by atoms with Crippen molar-refractivity contribution in [3.8, 4) is 0 Å². The smallest absolute Gasteiger partial charge is 0.0558 e. The average Bonchev–Trinajstić information content (AvgIpc) is 2.70. The highest BCUT2D eigenvalue weighted by molar-refractivity contribution is 5.85. The molecule has 1 unspecified atom stereocenters. The molecule has 0 bridgehead atoms. The van der Waals surface area contributed by atoms with Crippen molar-refractivity contribution in [1.82, 2.24) is 10.3 Å². The van der Waals surface area contributed by atoms with Crippen LogP contribution in [0.1, 0.15) is 31.5 Å². The molecule has 1 atom stereocenters. The predicted molar refractivity (Wildman–Crippen MR) is 67.6 cm³/mol. The van der Waals surface area contributed by atoms with E-state index < -0.39 is 0 Å². The van der Waals surface area contributed by atoms with Gasteiger partial charge in [-0.2, -0.15) is 0 Å². The van der Waals surface area contributed by atoms with Crippen LogP contribution >= 0.6 is 0 Å². The Morgan fingerprint density at radius 1 is 1.31 bits per heavy atom. The Labute approximate surface area is 96.1 Å². The van der Waals surface area contributed by atoms with E-state index in [-0.39, 0.29) is 5.54 Å². The van der Waals surface area contributed by atoms with Gasteiger partial charge in [0.25, 0.3) is 0 Å². The van der Waals surface area contributed by atoms with Gasteiger partial charge in [-0.1, -0.05) is 25.1 Å². The van der Waals surface area contributed by atoms with E-state index in [0.717, 1.165) is 19.4 Å². The fourth-order valence-electron chi connectivity index (χ4n) is 2.78. The molecule has 0 aliphatic carbocycles. The van der Waals surface area contributed by atoms with Gasteiger partial charge >= 0.3 is 0 Å². The topological polar surface area (TPSA) is 27.8 Å². The van der Waals surface area contributed by atoms with E-state index in [1.165, 1.54) is 22.2 Å². The zero-order chi connectivity index (χ0) is 11.2. The molecule has 0 fully saturated rings. The van der Waals surface area contributed by atoms with Crippen LogP contribution in [-0.2, 0) is 12.0 Å². The first-order valence-electron chi connectivity index (χ1n) is 6.10. The monoisotopic (exact) mass is 214 g/mol. The molecule has 1 aliphatic rings. The van der Waals surface area contributed by atoms with Crippen LogP contribution in [0, 0.1) is 0 Å². The summed E-state index contributed by atoms with van der Waals surface area (Å²) in [6.45, 7) is 5.62. The number of rotatable bonds is 1. The lowest BCUT2D eigenvalue weighted by atomic mass is 9.86. The predicted octanol–water partition coefficient (Wildman–Crippen LogP) is 2.94. The van der Waals surface area contributed by atoms with Crippen molar-refractivity contribution in [2.24, 2.45) is 0 Å². The quantitative estimate of drug-likeness (QED) is 0.750. The Bertz CT molecular complexity index is 527. The van der Waals surface area contributed by atoms with Crippen LogP contribution in [0.2, 0.25) is 0 Å². The molecule has 2 N–H and O–H groups in total. The van der Waals surface area contributed by atoms with Gasteiger partial charge in [0.2, 0.25) is 0 Å². The van der Waals surface area contributed by atoms with Crippen LogP contribution in [-0.4, -0.2) is 11.5 Å². The molecule has 0 spiro atoms. The highest BCUT2D eigenvalue weighted by Crippen LogP contribution is 2.34. The first kappa shape index (κ1) is 9.91. The van der Waals surface area contributed by atoms with Crippen molar-refractivity contribution in [3.05, 3.63) is 35.5 Å². The zero-order valence-corrected chi connectivity index (χ0v) is 9.93. The molecule has 2 aromatic rings. The summed E-state index contributed by atoms with van der Waals surface area (Å²) in [5.41, 5.74) is 4.30. The highest BCUT2D eigenvalue weighted by Gasteiger charge is 2.32. The van der Waals surface area contributed by atoms with E-state index >= 15 is 0 Å². The maximum atomic E-state index is 3.63. The maximum Gasteiger partial charge on any atom is 0.0558 e. The second kappa shape index (κ2) is 3.36. The van der Waals surface area contributed by atoms with Crippen LogP contribution in [0.3, 0.4) is 0 Å². The van der Waals surface area contributed by atoms with E-state index in [9.17, 15) is 0 Å². The molecule has 3 rings (SSSR count). The van der Waals surface area contributed by atoms with Crippen molar-refractivity contribution in [1.29, 1.82) is 0 Å². The molecular weight excluding hydrogens is 196 g/mol. The van der Waals surface area contributed by atoms with Crippen molar-refractivity contribution < 1.29 is 0 Å². The van der Waals surface area contributed by atoms with E-state index in [2.05, 4.69) is 48.4 Å². The third-order valence-corrected chi connectivity index (χ3v) is 3.96. The van der Waals surface area contributed by atoms with Gasteiger partial charge in [-0.15, -0.1) is 0 Å². The Kier molecular flexibility index (Phi) is 2.08. The number of aromatic nitrogens is 1. The molecular formula is C14H18N2. The summed E-state index contributed by atoms with van der Waals surface area (Å²) in [4.78, 5) is 3.60. The van der Waals surface area contributed by atoms with Crippen LogP contribution in [0.25, 0.3) is 10.9 Å². The molecule has 0 radical (unpaired) electrons. The third kappa shape index (κ3) is 1.23. The molecule has 2 nitrogen and oxygen atoms in total. The van der Waals surface area contributed by atoms with Gasteiger partial charge in [0.15, 0.2) is 0 Å². The fraction of sp³-hybridized carbons (Fsp3) is 0.429. The summed E-state index contributed by atoms with van der Waals surface area (Å²) >= 11 is 0. The molecule has 1 aromatic heterocycles. The van der Waals surface area contributed by atoms with Crippen molar-refractivity contribution >= 4 is 10.9 Å². The number of H-pyrrole nitrogens is 1. The summed E-state index contributed by atoms with van der Waals surface area (Å²) in [6.07, 6.45) is 2.25. The average molecular weight is 214 g/mol. The number of fused-ring (bicyclic) bond motifs is 3. The van der Waals surface area contributed by atoms with Crippen LogP contribution in [0.4, 0.5) is 0 Å². The number of hydrogen-bond donors (Lipinski definition) is 2. The number of nitrogens with one attached hydrogen (secondary N) is 2. The van der Waals surface area contributed by atoms with Gasteiger partial charge in [0.1, 0.15) is 0 Å². The Morgan fingerprint density at radius 3 is 2.94 bits per heavy atom. The second-order valence-corrected chi connectivity index (χ2v) is 4.89. The van der Waals surface area contributed by atoms with Crippen LogP contribution < -0.4 is 5.32 Å². The molecule has 2 heteroatoms. The van der Waals surface area contributed by atoms with Crippen molar-refractivity contribution in [2.75, 3.05) is 6.54 Å². The first-order valence-corrected chi connectivity index (χ1v) is 6.10. The Morgan fingerprint density at radius 2 is 2.12 bits per heavy atom. The molecule has 0 saturated heterocycles. The molecule has 0 saturated carbocycles. The summed E-state index contributed by atoms with van der Waals surface area (Å²) in [5.74, 6) is 0. The van der Waals surface area contributed by atoms with Gasteiger partial charge in [-0.25, -0.2) is 0 Å². The Balaban J connectivity index is 2.29. The summed E-state index contributed by atoms with van der Waals surface area (Å²) in [6, 6.07) is 8.62. The molecule has 2 heterocycles. The van der Waals surface area contributed by atoms with Crippen LogP contribution in [0.5, 0.6) is 0 Å². The van der Waals surface area contributed by atoms with Gasteiger partial charge in [-0.05, 0) is 31.4 Å². The molecule has 0 amide bonds. The lowest BCUT2D eigenvalue weighted by Gasteiger charge is -2.34. The minimum Gasteiger partial charge on any atom is -0.357 e. The highest BCUT2D eigenvalue weighted by atomic mass is 15.0. The molecule has 84 valence electrons. The largest absolute Gasteiger partial charge is 0.357 e. The lowest BCUT2D eigenvalue weighted by molar-refractivity contribution is 0.329. The summed E-state index contributed by atoms with van der Waals surface area (Å²) in [7, 11) is 0. The fourth-order valence-corrected chi connectivity index (χ4v) is 2.78. The summed E-state index contributed by atoms with van der Waals surface area (Å²) < 4.78 is 0. The normalized spacial score (nSPS) is 24.6. The first-order chi connectivity index (χ1) is 7.74. The minimum absolute atomic E-state index is 0.118. The maximum absolute atomic E-state index is 3.63. The SMILES string of the molecule is CCC1(C)NCCc2c1[nH]c1ccccc21. The van der Waals surface area contributed by atoms with Gasteiger partial charge in [0, 0.05) is 23.1 Å². The van der Waals surface area contributed by atoms with Crippen molar-refractivity contribution in [2.45, 2.75) is 32.2 Å². The van der Waals surface area contributed by atoms with E-state index in [1.807, 2.05) is 0 Å². The van der Waals surface area contributed by atoms with Gasteiger partial charge < -0.3 is 10.3 Å². The molecule has 16 heavy (non-hydrogen) atoms. The van der Waals surface area contributed by atoms with Gasteiger partial charge in [0.05, 0.1) is 5.54 Å². The van der Waals surface area contributed by atoms with Gasteiger partial charge in [-0.3, -0.25) is 0 Å². The lowest BCUT2D eigenvalue weighted by Crippen LogP contribution is -2.44. The third-order valence-electron chi connectivity index (χ3n) is 3.96. The Hall–Kier alpha value is -1.28.